The van der Waals surface area contributed by atoms with Crippen molar-refractivity contribution >= 4 is 0 Å². The molecule has 0 aliphatic rings. The number of aliphatic hydroxyl groups is 4. The van der Waals surface area contributed by atoms with E-state index in [2.05, 4.69) is 13.8 Å². The van der Waals surface area contributed by atoms with E-state index in [-0.39, 0.29) is 21.7 Å². The molecule has 4 nitrogen and oxygen atoms in total. The van der Waals surface area contributed by atoms with Crippen LogP contribution in [-0.4, -0.2) is 44.8 Å². The van der Waals surface area contributed by atoms with Crippen molar-refractivity contribution in [3.63, 3.8) is 0 Å². The van der Waals surface area contributed by atoms with Gasteiger partial charge in [-0.25, -0.2) is 0 Å². The van der Waals surface area contributed by atoms with Crippen LogP contribution >= 0.6 is 0 Å². The maximum absolute atomic E-state index is 8.52. The molecule has 0 radical (unpaired) electrons. The Bertz CT molecular complexity index is 117. The second kappa shape index (κ2) is 22.8. The van der Waals surface area contributed by atoms with Crippen LogP contribution in [-0.2, 0) is 21.7 Å². The van der Waals surface area contributed by atoms with Crippen molar-refractivity contribution in [2.24, 2.45) is 0 Å². The fourth-order valence-electron chi connectivity index (χ4n) is 0.316. The van der Waals surface area contributed by atoms with Crippen molar-refractivity contribution in [2.45, 2.75) is 92.3 Å². The maximum atomic E-state index is 8.52. The van der Waals surface area contributed by atoms with E-state index in [1.54, 1.807) is 41.5 Å². The summed E-state index contributed by atoms with van der Waals surface area (Å²) >= 11 is 0. The minimum atomic E-state index is -0.500. The summed E-state index contributed by atoms with van der Waals surface area (Å²) in [6, 6.07) is 0. The van der Waals surface area contributed by atoms with Crippen LogP contribution in [0.25, 0.3) is 0 Å². The van der Waals surface area contributed by atoms with Crippen LogP contribution < -0.4 is 0 Å². The normalized spacial score (nSPS) is 9.71. The van der Waals surface area contributed by atoms with Crippen molar-refractivity contribution < 1.29 is 42.1 Å². The topological polar surface area (TPSA) is 80.9 Å². The first-order valence-corrected chi connectivity index (χ1v) is 7.49. The minimum absolute atomic E-state index is 0. The molecule has 0 saturated carbocycles. The molecule has 0 aliphatic heterocycles. The third-order valence-corrected chi connectivity index (χ3v) is 1.02. The van der Waals surface area contributed by atoms with Gasteiger partial charge in [-0.2, -0.15) is 0 Å². The summed E-state index contributed by atoms with van der Waals surface area (Å²) in [7, 11) is 0. The maximum Gasteiger partial charge on any atom is 0.0563 e. The summed E-state index contributed by atoms with van der Waals surface area (Å²) in [5.41, 5.74) is -1.00. The van der Waals surface area contributed by atoms with Crippen LogP contribution in [0.3, 0.4) is 0 Å². The molecule has 0 aromatic carbocycles. The molecule has 0 saturated heterocycles. The summed E-state index contributed by atoms with van der Waals surface area (Å²) in [5, 5.41) is 33.2. The Hall–Kier alpha value is 0.554. The first-order chi connectivity index (χ1) is 8.83. The van der Waals surface area contributed by atoms with Gasteiger partial charge in [0.2, 0.25) is 0 Å². The molecule has 4 N–H and O–H groups in total. The molecular weight excluding hydrogens is 304 g/mol. The van der Waals surface area contributed by atoms with Gasteiger partial charge in [-0.1, -0.05) is 26.7 Å². The number of unbranched alkanes of at least 4 members (excludes halogenated alkanes) is 2. The van der Waals surface area contributed by atoms with Gasteiger partial charge >= 0.3 is 0 Å². The predicted octanol–water partition coefficient (Wildman–Crippen LogP) is 3.11. The van der Waals surface area contributed by atoms with Gasteiger partial charge in [0.05, 0.1) is 11.2 Å². The largest absolute Gasteiger partial charge is 0.396 e. The van der Waals surface area contributed by atoms with Crippen molar-refractivity contribution in [1.29, 1.82) is 0 Å². The Morgan fingerprint density at radius 3 is 0.762 bits per heavy atom. The molecule has 0 atom stereocenters. The van der Waals surface area contributed by atoms with Gasteiger partial charge in [0.1, 0.15) is 0 Å². The molecular formula is C16H40O4Ti. The van der Waals surface area contributed by atoms with E-state index in [9.17, 15) is 0 Å². The zero-order valence-electron chi connectivity index (χ0n) is 15.5. The van der Waals surface area contributed by atoms with Gasteiger partial charge in [-0.3, -0.25) is 0 Å². The van der Waals surface area contributed by atoms with Gasteiger partial charge in [0, 0.05) is 34.9 Å². The van der Waals surface area contributed by atoms with Gasteiger partial charge in [-0.05, 0) is 54.4 Å². The number of hydrogen-bond donors (Lipinski definition) is 4. The molecule has 0 rings (SSSR count). The quantitative estimate of drug-likeness (QED) is 0.591. The Labute approximate surface area is 147 Å². The average molecular weight is 344 g/mol. The summed E-state index contributed by atoms with van der Waals surface area (Å²) in [6.45, 7) is 15.2. The third kappa shape index (κ3) is 341. The number of aliphatic hydroxyl groups excluding tert-OH is 2. The van der Waals surface area contributed by atoms with E-state index in [4.69, 9.17) is 20.4 Å². The Morgan fingerprint density at radius 2 is 0.762 bits per heavy atom. The van der Waals surface area contributed by atoms with Crippen molar-refractivity contribution in [3.8, 4) is 0 Å². The summed E-state index contributed by atoms with van der Waals surface area (Å²) < 4.78 is 0. The van der Waals surface area contributed by atoms with Crippen LogP contribution in [0.1, 0.15) is 81.1 Å². The van der Waals surface area contributed by atoms with Crippen molar-refractivity contribution in [1.82, 2.24) is 0 Å². The van der Waals surface area contributed by atoms with E-state index in [1.807, 2.05) is 0 Å². The molecule has 0 aliphatic carbocycles. The predicted molar refractivity (Wildman–Crippen MR) is 87.9 cm³/mol. The zero-order valence-corrected chi connectivity index (χ0v) is 17.1. The Morgan fingerprint density at radius 1 is 0.619 bits per heavy atom. The minimum Gasteiger partial charge on any atom is -0.396 e. The molecule has 0 amide bonds. The fraction of sp³-hybridized carbons (Fsp3) is 1.00. The molecule has 5 heteroatoms. The second-order valence-corrected chi connectivity index (χ2v) is 6.50. The van der Waals surface area contributed by atoms with Crippen LogP contribution in [0.2, 0.25) is 0 Å². The van der Waals surface area contributed by atoms with E-state index < -0.39 is 11.2 Å². The van der Waals surface area contributed by atoms with E-state index in [0.29, 0.717) is 13.2 Å². The smallest absolute Gasteiger partial charge is 0.0563 e. The second-order valence-electron chi connectivity index (χ2n) is 6.50. The zero-order chi connectivity index (χ0) is 17.2. The average Bonchev–Trinajstić information content (AvgIpc) is 2.15. The molecule has 0 heterocycles. The first kappa shape index (κ1) is 33.2. The monoisotopic (exact) mass is 344 g/mol. The van der Waals surface area contributed by atoms with Crippen LogP contribution in [0, 0.1) is 0 Å². The number of hydrogen-bond acceptors (Lipinski definition) is 4. The van der Waals surface area contributed by atoms with Gasteiger partial charge in [-0.15, -0.1) is 0 Å². The van der Waals surface area contributed by atoms with Gasteiger partial charge < -0.3 is 20.4 Å². The number of rotatable bonds is 4. The van der Waals surface area contributed by atoms with Crippen LogP contribution in [0.5, 0.6) is 0 Å². The third-order valence-electron chi connectivity index (χ3n) is 1.02. The standard InChI is InChI=1S/4C4H10O.Ti/c2*1-4(2,3)5;2*1-2-3-4-5;/h2*5H,1-3H3;2*5H,2-4H2,1H3;. The van der Waals surface area contributed by atoms with Gasteiger partial charge in [0.15, 0.2) is 0 Å². The molecule has 132 valence electrons. The molecule has 0 unspecified atom stereocenters. The molecule has 0 fully saturated rings. The Balaban J connectivity index is -0.0000000533. The SMILES string of the molecule is CC(C)(C)O.CC(C)(C)O.CCCCO.CCCCO.[Ti]. The van der Waals surface area contributed by atoms with E-state index >= 15 is 0 Å². The van der Waals surface area contributed by atoms with Crippen molar-refractivity contribution in [3.05, 3.63) is 0 Å². The van der Waals surface area contributed by atoms with E-state index in [0.717, 1.165) is 25.7 Å². The summed E-state index contributed by atoms with van der Waals surface area (Å²) in [4.78, 5) is 0. The van der Waals surface area contributed by atoms with Crippen molar-refractivity contribution in [2.75, 3.05) is 13.2 Å². The molecule has 21 heavy (non-hydrogen) atoms. The summed E-state index contributed by atoms with van der Waals surface area (Å²) in [5.74, 6) is 0. The first-order valence-electron chi connectivity index (χ1n) is 7.49. The van der Waals surface area contributed by atoms with Gasteiger partial charge in [0.25, 0.3) is 0 Å². The fourth-order valence-corrected chi connectivity index (χ4v) is 0.316. The van der Waals surface area contributed by atoms with E-state index in [1.165, 1.54) is 0 Å². The molecule has 0 aromatic heterocycles. The summed E-state index contributed by atoms with van der Waals surface area (Å²) in [6.07, 6.45) is 4.08. The van der Waals surface area contributed by atoms with Crippen LogP contribution in [0.15, 0.2) is 0 Å². The molecule has 0 spiro atoms. The molecule has 0 bridgehead atoms. The Kier molecular flexibility index (Phi) is 36.1. The molecule has 0 aromatic rings. The van der Waals surface area contributed by atoms with Crippen LogP contribution in [0.4, 0.5) is 0 Å².